The normalized spacial score (nSPS) is 16.6. The fourth-order valence-corrected chi connectivity index (χ4v) is 7.28. The lowest BCUT2D eigenvalue weighted by atomic mass is 9.89. The first-order valence-corrected chi connectivity index (χ1v) is 16.2. The van der Waals surface area contributed by atoms with Crippen LogP contribution in [0, 0.1) is 0 Å². The van der Waals surface area contributed by atoms with Crippen molar-refractivity contribution in [2.24, 2.45) is 0 Å². The van der Waals surface area contributed by atoms with Crippen molar-refractivity contribution in [2.45, 2.75) is 12.0 Å². The fourth-order valence-electron chi connectivity index (χ4n) is 6.76. The summed E-state index contributed by atoms with van der Waals surface area (Å²) in [5.41, 5.74) is 12.0. The van der Waals surface area contributed by atoms with Gasteiger partial charge in [0.05, 0.1) is 6.04 Å². The zero-order chi connectivity index (χ0) is 30.2. The molecule has 0 fully saturated rings. The van der Waals surface area contributed by atoms with E-state index in [0.29, 0.717) is 0 Å². The number of anilines is 4. The summed E-state index contributed by atoms with van der Waals surface area (Å²) in [6, 6.07) is 56.6. The predicted octanol–water partition coefficient (Wildman–Crippen LogP) is 11.7. The first-order valence-electron chi connectivity index (χ1n) is 15.4. The molecule has 8 rings (SSSR count). The molecule has 0 saturated heterocycles. The van der Waals surface area contributed by atoms with Gasteiger partial charge in [-0.2, -0.15) is 0 Å². The second-order valence-electron chi connectivity index (χ2n) is 11.5. The molecular weight excluding hydrogens is 612 g/mol. The topological polar surface area (TPSA) is 6.48 Å². The third-order valence-corrected chi connectivity index (χ3v) is 9.54. The Kier molecular flexibility index (Phi) is 7.17. The molecular formula is C42H31BrN2. The molecule has 2 aliphatic rings. The number of hydrogen-bond acceptors (Lipinski definition) is 2. The van der Waals surface area contributed by atoms with Crippen LogP contribution in [0.4, 0.5) is 22.7 Å². The van der Waals surface area contributed by atoms with Crippen LogP contribution in [-0.4, -0.2) is 6.04 Å². The quantitative estimate of drug-likeness (QED) is 0.178. The number of fused-ring (bicyclic) bond motifs is 3. The lowest BCUT2D eigenvalue weighted by molar-refractivity contribution is 0.736. The Balaban J connectivity index is 1.24. The van der Waals surface area contributed by atoms with E-state index in [-0.39, 0.29) is 12.0 Å². The average Bonchev–Trinajstić information content (AvgIpc) is 3.44. The molecule has 2 unspecified atom stereocenters. The van der Waals surface area contributed by atoms with E-state index < -0.39 is 0 Å². The van der Waals surface area contributed by atoms with Crippen LogP contribution >= 0.6 is 15.9 Å². The molecule has 1 aliphatic carbocycles. The van der Waals surface area contributed by atoms with Crippen molar-refractivity contribution in [1.82, 2.24) is 0 Å². The second-order valence-corrected chi connectivity index (χ2v) is 12.4. The third kappa shape index (κ3) is 5.09. The van der Waals surface area contributed by atoms with Crippen LogP contribution in [0.2, 0.25) is 0 Å². The molecule has 0 aromatic heterocycles. The van der Waals surface area contributed by atoms with E-state index >= 15 is 0 Å². The van der Waals surface area contributed by atoms with E-state index in [9.17, 15) is 0 Å². The van der Waals surface area contributed by atoms with Gasteiger partial charge >= 0.3 is 0 Å². The summed E-state index contributed by atoms with van der Waals surface area (Å²) in [6.45, 7) is 0. The van der Waals surface area contributed by atoms with Crippen molar-refractivity contribution < 1.29 is 0 Å². The van der Waals surface area contributed by atoms with Crippen molar-refractivity contribution in [1.29, 1.82) is 0 Å². The summed E-state index contributed by atoms with van der Waals surface area (Å²) in [6.07, 6.45) is 7.15. The molecule has 0 saturated carbocycles. The predicted molar refractivity (Wildman–Crippen MR) is 192 cm³/mol. The van der Waals surface area contributed by atoms with Crippen LogP contribution in [-0.2, 0) is 0 Å². The van der Waals surface area contributed by atoms with E-state index in [1.165, 1.54) is 39.2 Å². The Bertz CT molecular complexity index is 2030. The number of hydrogen-bond donors (Lipinski definition) is 0. The average molecular weight is 644 g/mol. The fraction of sp³-hybridized carbons (Fsp3) is 0.0476. The summed E-state index contributed by atoms with van der Waals surface area (Å²) >= 11 is 3.78. The minimum Gasteiger partial charge on any atom is -0.333 e. The number of nitrogens with zero attached hydrogens (tertiary/aromatic N) is 2. The van der Waals surface area contributed by atoms with Crippen LogP contribution in [0.5, 0.6) is 0 Å². The van der Waals surface area contributed by atoms with Crippen molar-refractivity contribution in [2.75, 3.05) is 9.80 Å². The first kappa shape index (κ1) is 27.4. The molecule has 0 N–H and O–H groups in total. The van der Waals surface area contributed by atoms with Gasteiger partial charge in [-0.05, 0) is 82.4 Å². The van der Waals surface area contributed by atoms with E-state index in [4.69, 9.17) is 0 Å². The molecule has 45 heavy (non-hydrogen) atoms. The van der Waals surface area contributed by atoms with Gasteiger partial charge in [0.25, 0.3) is 0 Å². The van der Waals surface area contributed by atoms with Crippen LogP contribution in [0.15, 0.2) is 186 Å². The number of para-hydroxylation sites is 2. The first-order chi connectivity index (χ1) is 22.2. The van der Waals surface area contributed by atoms with Gasteiger partial charge in [-0.15, -0.1) is 0 Å². The maximum Gasteiger partial charge on any atom is 0.0631 e. The number of allylic oxidation sites excluding steroid dienone is 1. The smallest absolute Gasteiger partial charge is 0.0631 e. The minimum atomic E-state index is 0.211. The summed E-state index contributed by atoms with van der Waals surface area (Å²) in [5, 5.41) is 0. The summed E-state index contributed by atoms with van der Waals surface area (Å²) in [5.74, 6) is 0.221. The Hall–Kier alpha value is -5.12. The Labute approximate surface area is 273 Å². The summed E-state index contributed by atoms with van der Waals surface area (Å²) < 4.78 is 1.09. The van der Waals surface area contributed by atoms with E-state index in [0.717, 1.165) is 21.5 Å². The lowest BCUT2D eigenvalue weighted by Crippen LogP contribution is -2.30. The van der Waals surface area contributed by atoms with Crippen LogP contribution in [0.3, 0.4) is 0 Å². The van der Waals surface area contributed by atoms with Crippen molar-refractivity contribution in [3.8, 4) is 22.3 Å². The van der Waals surface area contributed by atoms with Gasteiger partial charge in [0.1, 0.15) is 0 Å². The molecule has 2 nitrogen and oxygen atoms in total. The van der Waals surface area contributed by atoms with Crippen LogP contribution < -0.4 is 9.80 Å². The molecule has 0 radical (unpaired) electrons. The standard InChI is InChI=1S/C42H31BrN2/c43-40-20-9-7-18-37(40)32-14-11-17-35(28-32)44(34-24-22-31(23-25-34)30-12-3-1-4-13-30)36-26-27-42-39(29-36)38-19-8-10-21-41(38)45(42)33-15-5-2-6-16-33/h1-29,39,42H. The lowest BCUT2D eigenvalue weighted by Gasteiger charge is -2.33. The highest BCUT2D eigenvalue weighted by Crippen LogP contribution is 2.49. The summed E-state index contributed by atoms with van der Waals surface area (Å²) in [7, 11) is 0. The highest BCUT2D eigenvalue weighted by atomic mass is 79.9. The SMILES string of the molecule is Brc1ccccc1-c1cccc(N(C2=CC3c4ccccc4N(c4ccccc4)C3C=C2)c2ccc(-c3ccccc3)cc2)c1. The van der Waals surface area contributed by atoms with Crippen LogP contribution in [0.1, 0.15) is 11.5 Å². The van der Waals surface area contributed by atoms with E-state index in [2.05, 4.69) is 202 Å². The van der Waals surface area contributed by atoms with E-state index in [1.54, 1.807) is 0 Å². The second kappa shape index (κ2) is 11.8. The largest absolute Gasteiger partial charge is 0.333 e. The zero-order valence-electron chi connectivity index (χ0n) is 24.7. The van der Waals surface area contributed by atoms with Crippen molar-refractivity contribution >= 4 is 38.7 Å². The van der Waals surface area contributed by atoms with Gasteiger partial charge in [-0.25, -0.2) is 0 Å². The molecule has 3 heteroatoms. The molecule has 6 aromatic rings. The van der Waals surface area contributed by atoms with Crippen LogP contribution in [0.25, 0.3) is 22.3 Å². The molecule has 0 amide bonds. The highest BCUT2D eigenvalue weighted by molar-refractivity contribution is 9.10. The molecule has 216 valence electrons. The Morgan fingerprint density at radius 1 is 0.556 bits per heavy atom. The van der Waals surface area contributed by atoms with E-state index in [1.807, 2.05) is 0 Å². The maximum absolute atomic E-state index is 3.78. The molecule has 1 heterocycles. The van der Waals surface area contributed by atoms with Gasteiger partial charge in [0.15, 0.2) is 0 Å². The molecule has 2 atom stereocenters. The number of halogens is 1. The van der Waals surface area contributed by atoms with Crippen molar-refractivity contribution in [3.63, 3.8) is 0 Å². The third-order valence-electron chi connectivity index (χ3n) is 8.85. The molecule has 0 bridgehead atoms. The highest BCUT2D eigenvalue weighted by Gasteiger charge is 2.38. The van der Waals surface area contributed by atoms with Gasteiger partial charge in [0, 0.05) is 38.8 Å². The maximum atomic E-state index is 3.78. The zero-order valence-corrected chi connectivity index (χ0v) is 26.3. The molecule has 1 aliphatic heterocycles. The van der Waals surface area contributed by atoms with Crippen molar-refractivity contribution in [3.05, 3.63) is 192 Å². The van der Waals surface area contributed by atoms with Gasteiger partial charge in [-0.1, -0.05) is 137 Å². The van der Waals surface area contributed by atoms with Gasteiger partial charge < -0.3 is 9.80 Å². The Morgan fingerprint density at radius 3 is 2.02 bits per heavy atom. The number of rotatable bonds is 6. The molecule has 6 aromatic carbocycles. The van der Waals surface area contributed by atoms with Gasteiger partial charge in [-0.3, -0.25) is 0 Å². The number of benzene rings is 6. The summed E-state index contributed by atoms with van der Waals surface area (Å²) in [4.78, 5) is 4.88. The molecule has 0 spiro atoms. The minimum absolute atomic E-state index is 0.211. The monoisotopic (exact) mass is 642 g/mol. The van der Waals surface area contributed by atoms with Gasteiger partial charge in [0.2, 0.25) is 0 Å². The Morgan fingerprint density at radius 2 is 1.22 bits per heavy atom.